The molecular formula is C17H24N2O3. The highest BCUT2D eigenvalue weighted by molar-refractivity contribution is 6.03. The van der Waals surface area contributed by atoms with Crippen molar-refractivity contribution in [3.63, 3.8) is 0 Å². The van der Waals surface area contributed by atoms with Gasteiger partial charge in [-0.05, 0) is 38.8 Å². The number of nitrogens with one attached hydrogen (secondary N) is 1. The number of benzene rings is 1. The molecule has 5 heteroatoms. The zero-order valence-corrected chi connectivity index (χ0v) is 13.8. The molecule has 0 radical (unpaired) electrons. The van der Waals surface area contributed by atoms with E-state index >= 15 is 0 Å². The lowest BCUT2D eigenvalue weighted by Crippen LogP contribution is -2.27. The second kappa shape index (κ2) is 6.38. The van der Waals surface area contributed by atoms with Gasteiger partial charge in [0.15, 0.2) is 0 Å². The van der Waals surface area contributed by atoms with Gasteiger partial charge in [0.25, 0.3) is 0 Å². The molecular weight excluding hydrogens is 280 g/mol. The molecule has 5 nitrogen and oxygen atoms in total. The van der Waals surface area contributed by atoms with Gasteiger partial charge in [-0.3, -0.25) is 5.32 Å². The molecule has 1 N–H and O–H groups in total. The molecule has 1 atom stereocenters. The van der Waals surface area contributed by atoms with Gasteiger partial charge >= 0.3 is 6.09 Å². The fraction of sp³-hybridized carbons (Fsp3) is 0.529. The van der Waals surface area contributed by atoms with Crippen LogP contribution in [0.1, 0.15) is 40.2 Å². The van der Waals surface area contributed by atoms with E-state index in [1.807, 2.05) is 45.0 Å². The summed E-state index contributed by atoms with van der Waals surface area (Å²) in [5.41, 5.74) is 0.875. The van der Waals surface area contributed by atoms with Crippen molar-refractivity contribution in [2.45, 2.75) is 46.3 Å². The van der Waals surface area contributed by atoms with Crippen molar-refractivity contribution >= 4 is 17.7 Å². The number of amides is 1. The number of aliphatic imine (C=N–C) groups is 1. The first-order valence-corrected chi connectivity index (χ1v) is 7.56. The molecule has 0 fully saturated rings. The fourth-order valence-electron chi connectivity index (χ4n) is 2.07. The molecule has 1 amide bonds. The van der Waals surface area contributed by atoms with Crippen LogP contribution in [0.4, 0.5) is 10.5 Å². The predicted octanol–water partition coefficient (Wildman–Crippen LogP) is 3.84. The number of carbonyl (C=O) groups is 1. The monoisotopic (exact) mass is 304 g/mol. The van der Waals surface area contributed by atoms with E-state index in [-0.39, 0.29) is 6.04 Å². The molecule has 0 spiro atoms. The quantitative estimate of drug-likeness (QED) is 0.923. The zero-order valence-electron chi connectivity index (χ0n) is 13.8. The van der Waals surface area contributed by atoms with Crippen LogP contribution in [0.5, 0.6) is 0 Å². The molecule has 0 aliphatic carbocycles. The lowest BCUT2D eigenvalue weighted by molar-refractivity contribution is 0.0636. The molecule has 0 aromatic heterocycles. The molecule has 120 valence electrons. The molecule has 0 saturated heterocycles. The molecule has 1 aromatic carbocycles. The van der Waals surface area contributed by atoms with Crippen LogP contribution in [-0.2, 0) is 9.47 Å². The summed E-state index contributed by atoms with van der Waals surface area (Å²) in [7, 11) is 0. The molecule has 2 rings (SSSR count). The Kier molecular flexibility index (Phi) is 4.74. The third kappa shape index (κ3) is 4.23. The average molecular weight is 304 g/mol. The maximum absolute atomic E-state index is 12.0. The number of rotatable bonds is 3. The Morgan fingerprint density at radius 1 is 1.36 bits per heavy atom. The third-order valence-corrected chi connectivity index (χ3v) is 3.24. The number of para-hydroxylation sites is 1. The van der Waals surface area contributed by atoms with Gasteiger partial charge in [-0.15, -0.1) is 0 Å². The van der Waals surface area contributed by atoms with E-state index in [0.29, 0.717) is 24.1 Å². The Morgan fingerprint density at radius 2 is 2.05 bits per heavy atom. The fourth-order valence-corrected chi connectivity index (χ4v) is 2.07. The largest absolute Gasteiger partial charge is 0.475 e. The van der Waals surface area contributed by atoms with Gasteiger partial charge in [-0.1, -0.05) is 26.0 Å². The highest BCUT2D eigenvalue weighted by atomic mass is 16.6. The van der Waals surface area contributed by atoms with E-state index in [9.17, 15) is 4.79 Å². The van der Waals surface area contributed by atoms with Crippen molar-refractivity contribution in [1.29, 1.82) is 0 Å². The molecule has 1 aromatic rings. The summed E-state index contributed by atoms with van der Waals surface area (Å²) in [5, 5.41) is 2.77. The van der Waals surface area contributed by atoms with Crippen molar-refractivity contribution in [1.82, 2.24) is 0 Å². The van der Waals surface area contributed by atoms with E-state index in [4.69, 9.17) is 9.47 Å². The van der Waals surface area contributed by atoms with Crippen molar-refractivity contribution in [3.8, 4) is 0 Å². The summed E-state index contributed by atoms with van der Waals surface area (Å²) in [6.45, 7) is 10.3. The molecule has 0 bridgehead atoms. The molecule has 1 heterocycles. The van der Waals surface area contributed by atoms with Gasteiger partial charge < -0.3 is 9.47 Å². The van der Waals surface area contributed by atoms with E-state index in [2.05, 4.69) is 24.2 Å². The first-order chi connectivity index (χ1) is 10.3. The Hall–Kier alpha value is -2.04. The predicted molar refractivity (Wildman–Crippen MR) is 87.4 cm³/mol. The smallest absolute Gasteiger partial charge is 0.412 e. The summed E-state index contributed by atoms with van der Waals surface area (Å²) in [6, 6.07) is 7.60. The van der Waals surface area contributed by atoms with Crippen LogP contribution in [0.3, 0.4) is 0 Å². The standard InChI is InChI=1S/C17H24N2O3/c1-11(2)14-10-21-15(18-14)12-8-6-7-9-13(12)19-16(20)22-17(3,4)5/h6-9,11,14H,10H2,1-5H3,(H,19,20)/t14-/m0/s1. The van der Waals surface area contributed by atoms with Crippen molar-refractivity contribution in [2.75, 3.05) is 11.9 Å². The first kappa shape index (κ1) is 16.3. The van der Waals surface area contributed by atoms with Crippen molar-refractivity contribution in [2.24, 2.45) is 10.9 Å². The molecule has 1 aliphatic rings. The Bertz CT molecular complexity index is 574. The van der Waals surface area contributed by atoms with Gasteiger partial charge in [-0.25, -0.2) is 9.79 Å². The molecule has 22 heavy (non-hydrogen) atoms. The lowest BCUT2D eigenvalue weighted by atomic mass is 10.1. The van der Waals surface area contributed by atoms with Crippen LogP contribution < -0.4 is 5.32 Å². The summed E-state index contributed by atoms with van der Waals surface area (Å²) in [6.07, 6.45) is -0.487. The number of hydrogen-bond acceptors (Lipinski definition) is 4. The Morgan fingerprint density at radius 3 is 2.64 bits per heavy atom. The van der Waals surface area contributed by atoms with Crippen LogP contribution in [0.15, 0.2) is 29.3 Å². The van der Waals surface area contributed by atoms with E-state index < -0.39 is 11.7 Å². The highest BCUT2D eigenvalue weighted by Gasteiger charge is 2.25. The second-order valence-corrected chi connectivity index (χ2v) is 6.73. The van der Waals surface area contributed by atoms with E-state index in [0.717, 1.165) is 5.56 Å². The van der Waals surface area contributed by atoms with E-state index in [1.165, 1.54) is 0 Å². The number of ether oxygens (including phenoxy) is 2. The molecule has 0 saturated carbocycles. The van der Waals surface area contributed by atoms with Crippen LogP contribution in [0.25, 0.3) is 0 Å². The summed E-state index contributed by atoms with van der Waals surface area (Å²) < 4.78 is 11.0. The number of carbonyl (C=O) groups excluding carboxylic acids is 1. The summed E-state index contributed by atoms with van der Waals surface area (Å²) in [5.74, 6) is 0.994. The summed E-state index contributed by atoms with van der Waals surface area (Å²) >= 11 is 0. The van der Waals surface area contributed by atoms with Crippen LogP contribution in [0, 0.1) is 5.92 Å². The number of nitrogens with zero attached hydrogens (tertiary/aromatic N) is 1. The minimum absolute atomic E-state index is 0.157. The van der Waals surface area contributed by atoms with Crippen LogP contribution in [-0.4, -0.2) is 30.2 Å². The van der Waals surface area contributed by atoms with Gasteiger partial charge in [0.2, 0.25) is 5.90 Å². The minimum Gasteiger partial charge on any atom is -0.475 e. The maximum atomic E-state index is 12.0. The van der Waals surface area contributed by atoms with Crippen LogP contribution >= 0.6 is 0 Å². The van der Waals surface area contributed by atoms with Gasteiger partial charge in [0, 0.05) is 0 Å². The third-order valence-electron chi connectivity index (χ3n) is 3.24. The Balaban J connectivity index is 2.18. The van der Waals surface area contributed by atoms with Crippen molar-refractivity contribution < 1.29 is 14.3 Å². The summed E-state index contributed by atoms with van der Waals surface area (Å²) in [4.78, 5) is 16.6. The molecule has 1 aliphatic heterocycles. The van der Waals surface area contributed by atoms with Crippen LogP contribution in [0.2, 0.25) is 0 Å². The van der Waals surface area contributed by atoms with Gasteiger partial charge in [0.05, 0.1) is 17.3 Å². The van der Waals surface area contributed by atoms with Gasteiger partial charge in [0.1, 0.15) is 12.2 Å². The van der Waals surface area contributed by atoms with Gasteiger partial charge in [-0.2, -0.15) is 0 Å². The molecule has 0 unspecified atom stereocenters. The normalized spacial score (nSPS) is 17.9. The average Bonchev–Trinajstić information content (AvgIpc) is 2.86. The Labute approximate surface area is 131 Å². The zero-order chi connectivity index (χ0) is 16.3. The highest BCUT2D eigenvalue weighted by Crippen LogP contribution is 2.23. The number of anilines is 1. The topological polar surface area (TPSA) is 59.9 Å². The first-order valence-electron chi connectivity index (χ1n) is 7.56. The van der Waals surface area contributed by atoms with Crippen molar-refractivity contribution in [3.05, 3.63) is 29.8 Å². The maximum Gasteiger partial charge on any atom is 0.412 e. The van der Waals surface area contributed by atoms with E-state index in [1.54, 1.807) is 0 Å². The minimum atomic E-state index is -0.539. The SMILES string of the molecule is CC(C)[C@@H]1COC(c2ccccc2NC(=O)OC(C)(C)C)=N1. The lowest BCUT2D eigenvalue weighted by Gasteiger charge is -2.20. The second-order valence-electron chi connectivity index (χ2n) is 6.73. The number of hydrogen-bond donors (Lipinski definition) is 1.